The number of fused-ring (bicyclic) bond motifs is 3. The Labute approximate surface area is 313 Å². The second-order valence-corrected chi connectivity index (χ2v) is 17.1. The van der Waals surface area contributed by atoms with Crippen LogP contribution in [0.25, 0.3) is 44.6 Å². The summed E-state index contributed by atoms with van der Waals surface area (Å²) in [5.41, 5.74) is -2.44. The van der Waals surface area contributed by atoms with Crippen molar-refractivity contribution in [1.29, 1.82) is 0 Å². The van der Waals surface area contributed by atoms with Gasteiger partial charge in [-0.25, -0.2) is 4.98 Å². The largest absolute Gasteiger partial charge is 0.486 e. The van der Waals surface area contributed by atoms with E-state index >= 15 is 0 Å². The Morgan fingerprint density at radius 2 is 1.80 bits per heavy atom. The second-order valence-electron chi connectivity index (χ2n) is 12.1. The third-order valence-electron chi connectivity index (χ3n) is 7.00. The third kappa shape index (κ3) is 7.91. The van der Waals surface area contributed by atoms with E-state index in [-0.39, 0.29) is 70.6 Å². The molecule has 241 valence electrons. The van der Waals surface area contributed by atoms with Gasteiger partial charge >= 0.3 is 0 Å². The van der Waals surface area contributed by atoms with Crippen LogP contribution in [0, 0.1) is 31.8 Å². The Balaban J connectivity index is 0.000000321. The number of hydrogen-bond acceptors (Lipinski definition) is 4. The van der Waals surface area contributed by atoms with E-state index in [1.54, 1.807) is 0 Å². The average Bonchev–Trinajstić information content (AvgIpc) is 3.51. The van der Waals surface area contributed by atoms with E-state index in [2.05, 4.69) is 46.7 Å². The minimum atomic E-state index is -3.51. The summed E-state index contributed by atoms with van der Waals surface area (Å²) in [7, 11) is -1.67. The van der Waals surface area contributed by atoms with Crippen molar-refractivity contribution in [2.45, 2.75) is 79.5 Å². The Morgan fingerprint density at radius 1 is 0.978 bits per heavy atom. The summed E-state index contributed by atoms with van der Waals surface area (Å²) in [4.78, 5) is 12.8. The molecular weight excluding hydrogens is 759 g/mol. The van der Waals surface area contributed by atoms with E-state index in [9.17, 15) is 0 Å². The molecule has 0 fully saturated rings. The molecule has 6 rings (SSSR count). The zero-order valence-electron chi connectivity index (χ0n) is 43.1. The van der Waals surface area contributed by atoms with Crippen LogP contribution >= 0.6 is 0 Å². The molecule has 0 spiro atoms. The standard InChI is InChI=1S/C22H21N2O.C18H24NSi.Ir/c1-13-6-8-16(18-12-15(10-11-23-18)22(3,4)5)20-19(13)17-9-7-14(2)24-21(17)25-20;1-14(2)11-16-12-17(15-9-7-6-8-10-15)19-13-18(16)20(3,4)5;/h6-7,9-12H,1-5H3;6-9,12-14H,11H2,1-5H3;/q2*-1;/i1D3,2D3,3D3,4D3,5D3;11D2;. The zero-order valence-corrected chi connectivity index (χ0v) is 29.5. The molecule has 2 aromatic carbocycles. The Morgan fingerprint density at radius 3 is 2.48 bits per heavy atom. The van der Waals surface area contributed by atoms with Gasteiger partial charge in [-0.15, -0.1) is 53.6 Å². The van der Waals surface area contributed by atoms with Crippen LogP contribution in [0.4, 0.5) is 0 Å². The fraction of sp³-hybridized carbons (Fsp3) is 0.325. The Hall–Kier alpha value is -3.44. The first-order chi connectivity index (χ1) is 28.2. The van der Waals surface area contributed by atoms with Crippen LogP contribution in [0.5, 0.6) is 0 Å². The molecule has 0 saturated carbocycles. The number of furan rings is 1. The quantitative estimate of drug-likeness (QED) is 0.128. The van der Waals surface area contributed by atoms with Gasteiger partial charge in [0.25, 0.3) is 0 Å². The molecule has 4 aromatic heterocycles. The van der Waals surface area contributed by atoms with Crippen molar-refractivity contribution < 1.29 is 47.8 Å². The molecule has 0 saturated heterocycles. The van der Waals surface area contributed by atoms with Crippen molar-refractivity contribution in [1.82, 2.24) is 15.0 Å². The van der Waals surface area contributed by atoms with Gasteiger partial charge in [0, 0.05) is 66.9 Å². The number of benzene rings is 2. The van der Waals surface area contributed by atoms with Gasteiger partial charge in [-0.1, -0.05) is 89.5 Å². The molecular formula is C40H45IrN3OSi-2. The number of nitrogens with zero attached hydrogens (tertiary/aromatic N) is 3. The molecule has 0 aliphatic rings. The molecule has 0 unspecified atom stereocenters. The Kier molecular flexibility index (Phi) is 5.77. The maximum atomic E-state index is 8.55. The van der Waals surface area contributed by atoms with Gasteiger partial charge in [0.15, 0.2) is 0 Å². The second kappa shape index (κ2) is 14.1. The molecule has 0 atom stereocenters. The summed E-state index contributed by atoms with van der Waals surface area (Å²) < 4.78 is 142. The van der Waals surface area contributed by atoms with E-state index in [0.29, 0.717) is 0 Å². The maximum Gasteiger partial charge on any atom is 0.216 e. The zero-order chi connectivity index (χ0) is 46.8. The first-order valence-corrected chi connectivity index (χ1v) is 17.9. The van der Waals surface area contributed by atoms with Gasteiger partial charge in [-0.2, -0.15) is 0 Å². The van der Waals surface area contributed by atoms with Crippen molar-refractivity contribution >= 4 is 35.3 Å². The molecule has 6 heteroatoms. The molecule has 4 nitrogen and oxygen atoms in total. The van der Waals surface area contributed by atoms with Crippen LogP contribution in [0.15, 0.2) is 77.5 Å². The topological polar surface area (TPSA) is 51.8 Å². The summed E-state index contributed by atoms with van der Waals surface area (Å²) in [6.45, 7) is -5.22. The SMILES string of the molecule is [2H]C([2H])([2H])c1ccc2c(n1)oc1c(-c3cc(C(C([2H])([2H])[2H])(C([2H])([2H])[2H])C([2H])([2H])[2H])ccn3)[c-]cc(C([2H])([2H])[2H])c12.[2H]C([2H])(c1cc(-c2[c-]cccc2)ncc1[Si](C)(C)C)C(C)C.[Ir]. The monoisotopic (exact) mass is 821 g/mol. The molecule has 6 aromatic rings. The number of aromatic nitrogens is 3. The van der Waals surface area contributed by atoms with Crippen molar-refractivity contribution in [2.75, 3.05) is 0 Å². The molecule has 46 heavy (non-hydrogen) atoms. The van der Waals surface area contributed by atoms with E-state index < -0.39 is 59.7 Å². The molecule has 0 aliphatic carbocycles. The smallest absolute Gasteiger partial charge is 0.216 e. The van der Waals surface area contributed by atoms with Crippen LogP contribution < -0.4 is 5.19 Å². The van der Waals surface area contributed by atoms with Gasteiger partial charge in [0.2, 0.25) is 5.71 Å². The van der Waals surface area contributed by atoms with Gasteiger partial charge in [-0.05, 0) is 64.9 Å². The summed E-state index contributed by atoms with van der Waals surface area (Å²) in [5, 5.41) is 1.31. The average molecular weight is 821 g/mol. The van der Waals surface area contributed by atoms with Gasteiger partial charge in [0.05, 0.1) is 13.7 Å². The number of aryl methyl sites for hydroxylation is 2. The number of hydrogen-bond donors (Lipinski definition) is 0. The van der Waals surface area contributed by atoms with Crippen LogP contribution in [-0.2, 0) is 31.9 Å². The molecule has 4 heterocycles. The normalized spacial score (nSPS) is 19.0. The summed E-state index contributed by atoms with van der Waals surface area (Å²) in [5.74, 6) is -0.0856. The molecule has 0 N–H and O–H groups in total. The van der Waals surface area contributed by atoms with Crippen molar-refractivity contribution in [3.8, 4) is 22.5 Å². The molecule has 0 bridgehead atoms. The van der Waals surface area contributed by atoms with Crippen LogP contribution in [-0.4, -0.2) is 23.0 Å². The molecule has 1 radical (unpaired) electrons. The van der Waals surface area contributed by atoms with Crippen molar-refractivity contribution in [2.24, 2.45) is 5.92 Å². The van der Waals surface area contributed by atoms with E-state index in [0.717, 1.165) is 46.4 Å². The van der Waals surface area contributed by atoms with E-state index in [1.165, 1.54) is 12.1 Å². The third-order valence-corrected chi connectivity index (χ3v) is 9.02. The minimum Gasteiger partial charge on any atom is -0.486 e. The van der Waals surface area contributed by atoms with Gasteiger partial charge < -0.3 is 14.4 Å². The first-order valence-electron chi connectivity index (χ1n) is 22.9. The first kappa shape index (κ1) is 18.8. The van der Waals surface area contributed by atoms with Crippen LogP contribution in [0.2, 0.25) is 19.6 Å². The van der Waals surface area contributed by atoms with Crippen molar-refractivity contribution in [3.63, 3.8) is 0 Å². The van der Waals surface area contributed by atoms with Crippen LogP contribution in [0.3, 0.4) is 0 Å². The minimum absolute atomic E-state index is 0. The van der Waals surface area contributed by atoms with E-state index in [1.807, 2.05) is 50.4 Å². The molecule has 0 aliphatic heterocycles. The number of pyridine rings is 3. The van der Waals surface area contributed by atoms with Gasteiger partial charge in [-0.3, -0.25) is 0 Å². The Bertz CT molecular complexity index is 2540. The molecule has 0 amide bonds. The van der Waals surface area contributed by atoms with E-state index in [4.69, 9.17) is 27.7 Å². The van der Waals surface area contributed by atoms with Crippen LogP contribution in [0.1, 0.15) is 80.1 Å². The summed E-state index contributed by atoms with van der Waals surface area (Å²) in [6.07, 6.45) is 1.56. The summed E-state index contributed by atoms with van der Waals surface area (Å²) in [6, 6.07) is 21.2. The number of rotatable bonds is 5. The predicted octanol–water partition coefficient (Wildman–Crippen LogP) is 10.0. The summed E-state index contributed by atoms with van der Waals surface area (Å²) >= 11 is 0. The predicted molar refractivity (Wildman–Crippen MR) is 192 cm³/mol. The fourth-order valence-electron chi connectivity index (χ4n) is 4.88. The van der Waals surface area contributed by atoms with Crippen molar-refractivity contribution in [3.05, 3.63) is 108 Å². The maximum absolute atomic E-state index is 8.55. The fourth-order valence-corrected chi connectivity index (χ4v) is 6.28. The van der Waals surface area contributed by atoms with Gasteiger partial charge in [0.1, 0.15) is 0 Å².